The molecule has 0 saturated heterocycles. The fourth-order valence-corrected chi connectivity index (χ4v) is 3.67. The first-order valence-electron chi connectivity index (χ1n) is 8.11. The van der Waals surface area contributed by atoms with Gasteiger partial charge < -0.3 is 10.6 Å². The average Bonchev–Trinajstić information content (AvgIpc) is 2.71. The maximum absolute atomic E-state index is 12.5. The van der Waals surface area contributed by atoms with Crippen LogP contribution in [0.4, 0.5) is 11.4 Å². The van der Waals surface area contributed by atoms with Crippen LogP contribution in [-0.4, -0.2) is 25.8 Å². The van der Waals surface area contributed by atoms with Gasteiger partial charge in [0.25, 0.3) is 15.9 Å². The Hall–Kier alpha value is -2.87. The topological polar surface area (TPSA) is 104 Å². The van der Waals surface area contributed by atoms with Gasteiger partial charge in [-0.05, 0) is 43.7 Å². The average molecular weight is 373 g/mol. The summed E-state index contributed by atoms with van der Waals surface area (Å²) in [5.41, 5.74) is -0.256. The van der Waals surface area contributed by atoms with Crippen LogP contribution in [0.15, 0.2) is 53.4 Å². The summed E-state index contributed by atoms with van der Waals surface area (Å²) in [5, 5.41) is 5.42. The van der Waals surface area contributed by atoms with Crippen molar-refractivity contribution in [1.29, 1.82) is 0 Å². The molecule has 0 saturated carbocycles. The Kier molecular flexibility index (Phi) is 4.45. The lowest BCUT2D eigenvalue weighted by Crippen LogP contribution is -2.52. The van der Waals surface area contributed by atoms with Gasteiger partial charge in [-0.1, -0.05) is 25.1 Å². The van der Waals surface area contributed by atoms with Gasteiger partial charge in [0.1, 0.15) is 5.54 Å². The number of carbonyl (C=O) groups excluding carboxylic acids is 2. The van der Waals surface area contributed by atoms with Gasteiger partial charge in [0, 0.05) is 5.69 Å². The molecule has 7 nitrogen and oxygen atoms in total. The van der Waals surface area contributed by atoms with Crippen LogP contribution in [0.2, 0.25) is 0 Å². The van der Waals surface area contributed by atoms with E-state index in [1.165, 1.54) is 30.3 Å². The highest BCUT2D eigenvalue weighted by Crippen LogP contribution is 2.27. The van der Waals surface area contributed by atoms with Gasteiger partial charge in [0.15, 0.2) is 0 Å². The van der Waals surface area contributed by atoms with E-state index in [1.54, 1.807) is 32.0 Å². The quantitative estimate of drug-likeness (QED) is 0.765. The van der Waals surface area contributed by atoms with Gasteiger partial charge in [-0.25, -0.2) is 8.42 Å². The van der Waals surface area contributed by atoms with E-state index in [0.717, 1.165) is 0 Å². The largest absolute Gasteiger partial charge is 0.338 e. The number of sulfonamides is 1. The summed E-state index contributed by atoms with van der Waals surface area (Å²) in [4.78, 5) is 25.0. The van der Waals surface area contributed by atoms with E-state index in [1.807, 2.05) is 0 Å². The molecule has 1 aliphatic rings. The molecule has 1 heterocycles. The normalized spacial score (nSPS) is 19.8. The third-order valence-corrected chi connectivity index (χ3v) is 5.81. The third-order valence-electron chi connectivity index (χ3n) is 4.42. The Morgan fingerprint density at radius 2 is 1.77 bits per heavy atom. The van der Waals surface area contributed by atoms with Crippen LogP contribution < -0.4 is 15.4 Å². The van der Waals surface area contributed by atoms with Crippen LogP contribution in [-0.2, 0) is 14.8 Å². The van der Waals surface area contributed by atoms with E-state index in [0.29, 0.717) is 12.1 Å². The summed E-state index contributed by atoms with van der Waals surface area (Å²) >= 11 is 0. The van der Waals surface area contributed by atoms with Gasteiger partial charge in [-0.15, -0.1) is 0 Å². The van der Waals surface area contributed by atoms with Gasteiger partial charge in [-0.2, -0.15) is 0 Å². The number of anilines is 2. The molecule has 0 spiro atoms. The number of nitrogens with one attached hydrogen (secondary N) is 3. The first-order chi connectivity index (χ1) is 12.2. The van der Waals surface area contributed by atoms with Crippen molar-refractivity contribution in [1.82, 2.24) is 5.32 Å². The van der Waals surface area contributed by atoms with Crippen LogP contribution in [0, 0.1) is 0 Å². The maximum atomic E-state index is 12.5. The van der Waals surface area contributed by atoms with Crippen molar-refractivity contribution in [3.8, 4) is 0 Å². The molecule has 1 unspecified atom stereocenters. The molecule has 2 aromatic rings. The third kappa shape index (κ3) is 3.28. The van der Waals surface area contributed by atoms with Crippen molar-refractivity contribution in [2.45, 2.75) is 30.7 Å². The highest BCUT2D eigenvalue weighted by molar-refractivity contribution is 7.92. The van der Waals surface area contributed by atoms with E-state index in [2.05, 4.69) is 15.4 Å². The summed E-state index contributed by atoms with van der Waals surface area (Å²) in [6, 6.07) is 12.3. The Bertz CT molecular complexity index is 973. The second kappa shape index (κ2) is 6.45. The van der Waals surface area contributed by atoms with Crippen LogP contribution in [0.5, 0.6) is 0 Å². The lowest BCUT2D eigenvalue weighted by molar-refractivity contribution is -0.121. The van der Waals surface area contributed by atoms with Crippen molar-refractivity contribution in [3.05, 3.63) is 54.1 Å². The molecule has 0 bridgehead atoms. The highest BCUT2D eigenvalue weighted by atomic mass is 32.2. The number of amides is 2. The first kappa shape index (κ1) is 17.9. The summed E-state index contributed by atoms with van der Waals surface area (Å²) < 4.78 is 27.3. The summed E-state index contributed by atoms with van der Waals surface area (Å²) in [6.45, 7) is 3.44. The van der Waals surface area contributed by atoms with E-state index in [-0.39, 0.29) is 22.1 Å². The van der Waals surface area contributed by atoms with E-state index in [4.69, 9.17) is 0 Å². The fraction of sp³-hybridized carbons (Fsp3) is 0.222. The number of rotatable bonds is 4. The Morgan fingerprint density at radius 3 is 2.42 bits per heavy atom. The maximum Gasteiger partial charge on any atom is 0.261 e. The molecule has 0 aromatic heterocycles. The number of benzene rings is 2. The predicted octanol–water partition coefficient (Wildman–Crippen LogP) is 2.34. The second-order valence-electron chi connectivity index (χ2n) is 6.27. The molecule has 1 atom stereocenters. The van der Waals surface area contributed by atoms with Gasteiger partial charge in [-0.3, -0.25) is 14.3 Å². The molecule has 0 fully saturated rings. The minimum atomic E-state index is -3.77. The summed E-state index contributed by atoms with van der Waals surface area (Å²) in [6.07, 6.45) is 0.423. The SMILES string of the molecule is CCC1(C)NC(=O)c2cc(NS(=O)(=O)c3ccccc3)ccc2NC1=O. The van der Waals surface area contributed by atoms with Crippen LogP contribution >= 0.6 is 0 Å². The van der Waals surface area contributed by atoms with Gasteiger partial charge in [0.2, 0.25) is 5.91 Å². The Labute approximate surface area is 151 Å². The Balaban J connectivity index is 1.94. The van der Waals surface area contributed by atoms with Crippen LogP contribution in [0.1, 0.15) is 30.6 Å². The van der Waals surface area contributed by atoms with Crippen molar-refractivity contribution < 1.29 is 18.0 Å². The lowest BCUT2D eigenvalue weighted by atomic mass is 9.98. The number of hydrogen-bond donors (Lipinski definition) is 3. The molecule has 8 heteroatoms. The lowest BCUT2D eigenvalue weighted by Gasteiger charge is -2.25. The standard InChI is InChI=1S/C18H19N3O4S/c1-3-18(2)17(23)19-15-10-9-12(11-14(15)16(22)20-18)21-26(24,25)13-7-5-4-6-8-13/h4-11,21H,3H2,1-2H3,(H,19,23)(H,20,22). The zero-order valence-electron chi connectivity index (χ0n) is 14.4. The summed E-state index contributed by atoms with van der Waals surface area (Å²) in [5.74, 6) is -0.756. The van der Waals surface area contributed by atoms with Crippen molar-refractivity contribution in [2.24, 2.45) is 0 Å². The zero-order chi connectivity index (χ0) is 18.9. The fourth-order valence-electron chi connectivity index (χ4n) is 2.60. The van der Waals surface area contributed by atoms with Crippen molar-refractivity contribution >= 4 is 33.2 Å². The number of carbonyl (C=O) groups is 2. The summed E-state index contributed by atoms with van der Waals surface area (Å²) in [7, 11) is -3.77. The van der Waals surface area contributed by atoms with Crippen LogP contribution in [0.3, 0.4) is 0 Å². The molecule has 26 heavy (non-hydrogen) atoms. The monoisotopic (exact) mass is 373 g/mol. The molecular formula is C18H19N3O4S. The molecule has 0 aliphatic carbocycles. The minimum absolute atomic E-state index is 0.117. The number of hydrogen-bond acceptors (Lipinski definition) is 4. The molecule has 0 radical (unpaired) electrons. The first-order valence-corrected chi connectivity index (χ1v) is 9.59. The van der Waals surface area contributed by atoms with E-state index >= 15 is 0 Å². The van der Waals surface area contributed by atoms with Crippen LogP contribution in [0.25, 0.3) is 0 Å². The van der Waals surface area contributed by atoms with Crippen molar-refractivity contribution in [2.75, 3.05) is 10.0 Å². The molecule has 2 aromatic carbocycles. The molecule has 3 N–H and O–H groups in total. The zero-order valence-corrected chi connectivity index (χ0v) is 15.2. The van der Waals surface area contributed by atoms with Gasteiger partial charge >= 0.3 is 0 Å². The highest BCUT2D eigenvalue weighted by Gasteiger charge is 2.37. The smallest absolute Gasteiger partial charge is 0.261 e. The predicted molar refractivity (Wildman–Crippen MR) is 98.5 cm³/mol. The second-order valence-corrected chi connectivity index (χ2v) is 7.96. The molecule has 2 amide bonds. The molecule has 3 rings (SSSR count). The molecule has 1 aliphatic heterocycles. The number of fused-ring (bicyclic) bond motifs is 1. The van der Waals surface area contributed by atoms with E-state index < -0.39 is 21.5 Å². The molecule has 136 valence electrons. The Morgan fingerprint density at radius 1 is 1.08 bits per heavy atom. The van der Waals surface area contributed by atoms with Gasteiger partial charge in [0.05, 0.1) is 16.1 Å². The minimum Gasteiger partial charge on any atom is -0.338 e. The van der Waals surface area contributed by atoms with Crippen molar-refractivity contribution in [3.63, 3.8) is 0 Å². The molecular weight excluding hydrogens is 354 g/mol. The van der Waals surface area contributed by atoms with E-state index in [9.17, 15) is 18.0 Å².